The molecule has 0 saturated heterocycles. The summed E-state index contributed by atoms with van der Waals surface area (Å²) in [7, 11) is 0. The molecule has 4 aromatic heterocycles. The second kappa shape index (κ2) is 5.03. The highest BCUT2D eigenvalue weighted by Gasteiger charge is 2.13. The first kappa shape index (κ1) is 13.0. The normalized spacial score (nSPS) is 11.3. The number of H-pyrrole nitrogens is 2. The van der Waals surface area contributed by atoms with Gasteiger partial charge in [0.2, 0.25) is 0 Å². The van der Waals surface area contributed by atoms with Crippen LogP contribution in [0.3, 0.4) is 0 Å². The van der Waals surface area contributed by atoms with Gasteiger partial charge in [-0.3, -0.25) is 10.1 Å². The van der Waals surface area contributed by atoms with Crippen molar-refractivity contribution in [1.82, 2.24) is 25.1 Å². The monoisotopic (exact) mass is 311 g/mol. The lowest BCUT2D eigenvalue weighted by Crippen LogP contribution is -1.86. The zero-order valence-corrected chi connectivity index (χ0v) is 12.7. The van der Waals surface area contributed by atoms with Gasteiger partial charge in [0, 0.05) is 28.9 Å². The van der Waals surface area contributed by atoms with Crippen LogP contribution in [0.4, 0.5) is 0 Å². The van der Waals surface area contributed by atoms with E-state index in [1.54, 1.807) is 6.20 Å². The standard InChI is InChI=1S/C19H13N5/c1-2-6-14-12(4-1)10-17(21-14)19-18-16(23-24-19)8-7-15(22-18)13-5-3-9-20-11-13/h1-11,21H,(H,23,24). The van der Waals surface area contributed by atoms with Gasteiger partial charge in [-0.1, -0.05) is 18.2 Å². The second-order valence-corrected chi connectivity index (χ2v) is 5.68. The van der Waals surface area contributed by atoms with Gasteiger partial charge in [-0.2, -0.15) is 5.10 Å². The van der Waals surface area contributed by atoms with Crippen LogP contribution >= 0.6 is 0 Å². The highest BCUT2D eigenvalue weighted by atomic mass is 15.1. The number of nitrogens with zero attached hydrogens (tertiary/aromatic N) is 3. The topological polar surface area (TPSA) is 70.2 Å². The largest absolute Gasteiger partial charge is 0.353 e. The van der Waals surface area contributed by atoms with Crippen molar-refractivity contribution in [3.63, 3.8) is 0 Å². The maximum atomic E-state index is 4.80. The molecule has 5 heteroatoms. The summed E-state index contributed by atoms with van der Waals surface area (Å²) >= 11 is 0. The molecule has 114 valence electrons. The third-order valence-electron chi connectivity index (χ3n) is 4.15. The van der Waals surface area contributed by atoms with Gasteiger partial charge in [-0.05, 0) is 36.4 Å². The Bertz CT molecular complexity index is 1120. The van der Waals surface area contributed by atoms with Crippen LogP contribution in [-0.2, 0) is 0 Å². The highest BCUT2D eigenvalue weighted by molar-refractivity contribution is 5.94. The Kier molecular flexibility index (Phi) is 2.72. The first-order valence-electron chi connectivity index (χ1n) is 7.72. The molecule has 0 amide bonds. The quantitative estimate of drug-likeness (QED) is 0.514. The minimum atomic E-state index is 0.826. The number of aromatic amines is 2. The number of pyridine rings is 2. The highest BCUT2D eigenvalue weighted by Crippen LogP contribution is 2.29. The summed E-state index contributed by atoms with van der Waals surface area (Å²) in [6.07, 6.45) is 3.58. The molecule has 5 rings (SSSR count). The van der Waals surface area contributed by atoms with Crippen molar-refractivity contribution in [2.75, 3.05) is 0 Å². The molecule has 4 heterocycles. The van der Waals surface area contributed by atoms with Crippen LogP contribution in [0.25, 0.3) is 44.6 Å². The van der Waals surface area contributed by atoms with Crippen molar-refractivity contribution in [2.24, 2.45) is 0 Å². The van der Waals surface area contributed by atoms with Crippen molar-refractivity contribution in [3.8, 4) is 22.6 Å². The molecule has 0 fully saturated rings. The average Bonchev–Trinajstić information content (AvgIpc) is 3.25. The molecule has 1 aromatic carbocycles. The van der Waals surface area contributed by atoms with Crippen LogP contribution in [0.15, 0.2) is 67.0 Å². The number of hydrogen-bond acceptors (Lipinski definition) is 3. The van der Waals surface area contributed by atoms with Gasteiger partial charge in [0.15, 0.2) is 0 Å². The van der Waals surface area contributed by atoms with Crippen LogP contribution in [0, 0.1) is 0 Å². The van der Waals surface area contributed by atoms with Crippen LogP contribution < -0.4 is 0 Å². The maximum absolute atomic E-state index is 4.80. The molecular weight excluding hydrogens is 298 g/mol. The Labute approximate surface area is 137 Å². The number of benzene rings is 1. The van der Waals surface area contributed by atoms with E-state index >= 15 is 0 Å². The van der Waals surface area contributed by atoms with E-state index in [4.69, 9.17) is 4.98 Å². The second-order valence-electron chi connectivity index (χ2n) is 5.68. The minimum Gasteiger partial charge on any atom is -0.353 e. The van der Waals surface area contributed by atoms with Crippen molar-refractivity contribution in [1.29, 1.82) is 0 Å². The number of aromatic nitrogens is 5. The van der Waals surface area contributed by atoms with Gasteiger partial charge in [-0.25, -0.2) is 4.98 Å². The SMILES string of the molecule is c1cncc(-c2ccc3[nH]nc(-c4cc5ccccc5[nH]4)c3n2)c1. The molecule has 0 unspecified atom stereocenters. The Morgan fingerprint density at radius 3 is 2.71 bits per heavy atom. The molecule has 0 bridgehead atoms. The fraction of sp³-hybridized carbons (Fsp3) is 0. The van der Waals surface area contributed by atoms with Gasteiger partial charge in [0.25, 0.3) is 0 Å². The Hall–Kier alpha value is -3.47. The number of para-hydroxylation sites is 1. The molecule has 0 aliphatic rings. The number of nitrogens with one attached hydrogen (secondary N) is 2. The predicted molar refractivity (Wildman–Crippen MR) is 94.4 cm³/mol. The average molecular weight is 311 g/mol. The first-order chi connectivity index (χ1) is 11.9. The van der Waals surface area contributed by atoms with Crippen molar-refractivity contribution < 1.29 is 0 Å². The van der Waals surface area contributed by atoms with Gasteiger partial charge < -0.3 is 4.98 Å². The maximum Gasteiger partial charge on any atom is 0.135 e. The summed E-state index contributed by atoms with van der Waals surface area (Å²) < 4.78 is 0. The summed E-state index contributed by atoms with van der Waals surface area (Å²) in [6.45, 7) is 0. The lowest BCUT2D eigenvalue weighted by molar-refractivity contribution is 1.12. The molecular formula is C19H13N5. The summed E-state index contributed by atoms with van der Waals surface area (Å²) in [5.41, 5.74) is 6.51. The molecule has 5 aromatic rings. The van der Waals surface area contributed by atoms with E-state index in [1.165, 1.54) is 0 Å². The van der Waals surface area contributed by atoms with E-state index in [0.29, 0.717) is 0 Å². The molecule has 24 heavy (non-hydrogen) atoms. The molecule has 0 atom stereocenters. The summed E-state index contributed by atoms with van der Waals surface area (Å²) in [6, 6.07) is 18.2. The summed E-state index contributed by atoms with van der Waals surface area (Å²) in [4.78, 5) is 12.4. The zero-order chi connectivity index (χ0) is 15.9. The van der Waals surface area contributed by atoms with Gasteiger partial charge >= 0.3 is 0 Å². The van der Waals surface area contributed by atoms with Crippen molar-refractivity contribution >= 4 is 21.9 Å². The zero-order valence-electron chi connectivity index (χ0n) is 12.7. The molecule has 0 radical (unpaired) electrons. The van der Waals surface area contributed by atoms with Crippen LogP contribution in [-0.4, -0.2) is 25.1 Å². The fourth-order valence-corrected chi connectivity index (χ4v) is 2.96. The van der Waals surface area contributed by atoms with Gasteiger partial charge in [0.05, 0.1) is 16.9 Å². The smallest absolute Gasteiger partial charge is 0.135 e. The van der Waals surface area contributed by atoms with E-state index in [2.05, 4.69) is 38.4 Å². The van der Waals surface area contributed by atoms with Crippen molar-refractivity contribution in [2.45, 2.75) is 0 Å². The van der Waals surface area contributed by atoms with E-state index in [1.807, 2.05) is 42.6 Å². The third-order valence-corrected chi connectivity index (χ3v) is 4.15. The Morgan fingerprint density at radius 2 is 1.83 bits per heavy atom. The molecule has 0 aliphatic heterocycles. The summed E-state index contributed by atoms with van der Waals surface area (Å²) in [5, 5.41) is 8.68. The molecule has 5 nitrogen and oxygen atoms in total. The molecule has 0 spiro atoms. The van der Waals surface area contributed by atoms with Crippen LogP contribution in [0.1, 0.15) is 0 Å². The Morgan fingerprint density at radius 1 is 0.875 bits per heavy atom. The van der Waals surface area contributed by atoms with Crippen molar-refractivity contribution in [3.05, 3.63) is 67.0 Å². The fourth-order valence-electron chi connectivity index (χ4n) is 2.96. The van der Waals surface area contributed by atoms with E-state index < -0.39 is 0 Å². The number of rotatable bonds is 2. The first-order valence-corrected chi connectivity index (χ1v) is 7.72. The van der Waals surface area contributed by atoms with Gasteiger partial charge in [-0.15, -0.1) is 0 Å². The number of fused-ring (bicyclic) bond motifs is 2. The van der Waals surface area contributed by atoms with Gasteiger partial charge in [0.1, 0.15) is 11.2 Å². The Balaban J connectivity index is 1.71. The predicted octanol–water partition coefficient (Wildman–Crippen LogP) is 4.17. The lowest BCUT2D eigenvalue weighted by Gasteiger charge is -2.00. The third kappa shape index (κ3) is 1.99. The molecule has 0 aliphatic carbocycles. The molecule has 2 N–H and O–H groups in total. The van der Waals surface area contributed by atoms with E-state index in [-0.39, 0.29) is 0 Å². The van der Waals surface area contributed by atoms with E-state index in [9.17, 15) is 0 Å². The summed E-state index contributed by atoms with van der Waals surface area (Å²) in [5.74, 6) is 0. The number of hydrogen-bond donors (Lipinski definition) is 2. The lowest BCUT2D eigenvalue weighted by atomic mass is 10.1. The van der Waals surface area contributed by atoms with E-state index in [0.717, 1.165) is 44.6 Å². The minimum absolute atomic E-state index is 0.826. The van der Waals surface area contributed by atoms with Crippen LogP contribution in [0.5, 0.6) is 0 Å². The van der Waals surface area contributed by atoms with Crippen LogP contribution in [0.2, 0.25) is 0 Å². The molecule has 0 saturated carbocycles.